The van der Waals surface area contributed by atoms with Gasteiger partial charge in [0.2, 0.25) is 5.78 Å². The maximum Gasteiger partial charge on any atom is 0.232 e. The molecule has 26 heavy (non-hydrogen) atoms. The fraction of sp³-hybridized carbons (Fsp3) is 0.136. The van der Waals surface area contributed by atoms with Gasteiger partial charge in [0.15, 0.2) is 5.76 Å². The molecule has 3 aromatic rings. The Kier molecular flexibility index (Phi) is 4.09. The summed E-state index contributed by atoms with van der Waals surface area (Å²) in [5.41, 5.74) is 2.48. The van der Waals surface area contributed by atoms with Gasteiger partial charge in [-0.05, 0) is 43.2 Å². The lowest BCUT2D eigenvalue weighted by atomic mass is 10.0. The van der Waals surface area contributed by atoms with Gasteiger partial charge in [-0.3, -0.25) is 4.79 Å². The summed E-state index contributed by atoms with van der Waals surface area (Å²) in [5, 5.41) is 0. The van der Waals surface area contributed by atoms with Gasteiger partial charge in [-0.2, -0.15) is 0 Å². The highest BCUT2D eigenvalue weighted by atomic mass is 16.5. The van der Waals surface area contributed by atoms with E-state index in [-0.39, 0.29) is 11.5 Å². The number of benzene rings is 2. The van der Waals surface area contributed by atoms with Crippen LogP contribution in [0.1, 0.15) is 33.0 Å². The number of rotatable bonds is 4. The van der Waals surface area contributed by atoms with E-state index in [4.69, 9.17) is 13.9 Å². The van der Waals surface area contributed by atoms with Crippen molar-refractivity contribution < 1.29 is 18.7 Å². The number of carbonyl (C=O) groups is 1. The molecule has 4 heteroatoms. The van der Waals surface area contributed by atoms with Crippen molar-refractivity contribution in [3.05, 3.63) is 88.6 Å². The van der Waals surface area contributed by atoms with Gasteiger partial charge in [-0.15, -0.1) is 0 Å². The van der Waals surface area contributed by atoms with Gasteiger partial charge >= 0.3 is 0 Å². The van der Waals surface area contributed by atoms with Crippen molar-refractivity contribution >= 4 is 11.9 Å². The number of hydrogen-bond donors (Lipinski definition) is 0. The zero-order chi connectivity index (χ0) is 18.1. The Labute approximate surface area is 151 Å². The molecule has 1 aliphatic heterocycles. The van der Waals surface area contributed by atoms with Crippen molar-refractivity contribution in [3.63, 3.8) is 0 Å². The Morgan fingerprint density at radius 3 is 2.58 bits per heavy atom. The number of ketones is 1. The van der Waals surface area contributed by atoms with Crippen LogP contribution in [0.2, 0.25) is 0 Å². The minimum absolute atomic E-state index is 0.138. The summed E-state index contributed by atoms with van der Waals surface area (Å²) in [4.78, 5) is 12.6. The van der Waals surface area contributed by atoms with Crippen molar-refractivity contribution in [1.29, 1.82) is 0 Å². The average molecular weight is 346 g/mol. The first-order valence-electron chi connectivity index (χ1n) is 8.42. The van der Waals surface area contributed by atoms with Gasteiger partial charge < -0.3 is 13.9 Å². The molecule has 0 amide bonds. The van der Waals surface area contributed by atoms with Crippen LogP contribution in [0.3, 0.4) is 0 Å². The number of aryl methyl sites for hydroxylation is 2. The zero-order valence-corrected chi connectivity index (χ0v) is 14.6. The first-order valence-corrected chi connectivity index (χ1v) is 8.42. The molecular weight excluding hydrogens is 328 g/mol. The first-order chi connectivity index (χ1) is 12.6. The smallest absolute Gasteiger partial charge is 0.232 e. The summed E-state index contributed by atoms with van der Waals surface area (Å²) in [6, 6.07) is 17.2. The van der Waals surface area contributed by atoms with E-state index in [0.717, 1.165) is 16.9 Å². The minimum Gasteiger partial charge on any atom is -0.489 e. The average Bonchev–Trinajstić information content (AvgIpc) is 3.18. The molecule has 0 fully saturated rings. The van der Waals surface area contributed by atoms with Crippen molar-refractivity contribution in [1.82, 2.24) is 0 Å². The lowest BCUT2D eigenvalue weighted by Crippen LogP contribution is -2.00. The number of furan rings is 1. The molecule has 4 rings (SSSR count). The van der Waals surface area contributed by atoms with E-state index in [1.807, 2.05) is 62.4 Å². The van der Waals surface area contributed by atoms with Crippen LogP contribution < -0.4 is 9.47 Å². The van der Waals surface area contributed by atoms with Crippen LogP contribution in [0.25, 0.3) is 6.08 Å². The molecule has 1 aliphatic rings. The van der Waals surface area contributed by atoms with E-state index in [9.17, 15) is 4.79 Å². The summed E-state index contributed by atoms with van der Waals surface area (Å²) in [6.07, 6.45) is 1.62. The summed E-state index contributed by atoms with van der Waals surface area (Å²) in [5.74, 6) is 2.70. The summed E-state index contributed by atoms with van der Waals surface area (Å²) in [6.45, 7) is 4.20. The van der Waals surface area contributed by atoms with E-state index < -0.39 is 0 Å². The van der Waals surface area contributed by atoms with Gasteiger partial charge in [-0.25, -0.2) is 0 Å². The highest BCUT2D eigenvalue weighted by Gasteiger charge is 2.30. The highest BCUT2D eigenvalue weighted by molar-refractivity contribution is 6.15. The van der Waals surface area contributed by atoms with Gasteiger partial charge in [0.25, 0.3) is 0 Å². The van der Waals surface area contributed by atoms with Crippen LogP contribution in [0.15, 0.2) is 64.8 Å². The van der Waals surface area contributed by atoms with E-state index in [0.29, 0.717) is 29.4 Å². The van der Waals surface area contributed by atoms with Crippen LogP contribution in [0.5, 0.6) is 11.5 Å². The van der Waals surface area contributed by atoms with Crippen LogP contribution in [-0.2, 0) is 6.61 Å². The Balaban J connectivity index is 1.58. The second-order valence-corrected chi connectivity index (χ2v) is 6.28. The van der Waals surface area contributed by atoms with Crippen molar-refractivity contribution in [3.8, 4) is 11.5 Å². The Hall–Kier alpha value is -3.27. The van der Waals surface area contributed by atoms with Crippen LogP contribution in [0, 0.1) is 13.8 Å². The molecule has 4 nitrogen and oxygen atoms in total. The Bertz CT molecular complexity index is 996. The molecule has 130 valence electrons. The number of ether oxygens (including phenoxy) is 2. The van der Waals surface area contributed by atoms with E-state index >= 15 is 0 Å². The van der Waals surface area contributed by atoms with Crippen molar-refractivity contribution in [2.24, 2.45) is 0 Å². The normalized spacial score (nSPS) is 14.4. The van der Waals surface area contributed by atoms with E-state index in [2.05, 4.69) is 0 Å². The highest BCUT2D eigenvalue weighted by Crippen LogP contribution is 2.37. The summed E-state index contributed by atoms with van der Waals surface area (Å²) < 4.78 is 17.1. The SMILES string of the molecule is Cc1ccc(/C=C2\Oc3cc(OCc4ccccc4)cc(C)c3C2=O)o1. The molecule has 0 saturated carbocycles. The summed E-state index contributed by atoms with van der Waals surface area (Å²) in [7, 11) is 0. The molecule has 2 heterocycles. The molecule has 0 radical (unpaired) electrons. The monoisotopic (exact) mass is 346 g/mol. The lowest BCUT2D eigenvalue weighted by Gasteiger charge is -2.09. The van der Waals surface area contributed by atoms with Gasteiger partial charge in [0, 0.05) is 12.1 Å². The third kappa shape index (κ3) is 3.14. The molecule has 0 atom stereocenters. The van der Waals surface area contributed by atoms with Crippen molar-refractivity contribution in [2.45, 2.75) is 20.5 Å². The summed E-state index contributed by atoms with van der Waals surface area (Å²) >= 11 is 0. The molecule has 0 N–H and O–H groups in total. The molecule has 0 spiro atoms. The maximum atomic E-state index is 12.6. The molecule has 0 unspecified atom stereocenters. The third-order valence-corrected chi connectivity index (χ3v) is 4.23. The molecule has 0 saturated heterocycles. The predicted octanol–water partition coefficient (Wildman–Crippen LogP) is 5.09. The standard InChI is InChI=1S/C22H18O4/c1-14-10-18(24-13-16-6-4-3-5-7-16)12-19-21(14)22(23)20(26-19)11-17-9-8-15(2)25-17/h3-12H,13H2,1-2H3/b20-11-. The number of hydrogen-bond acceptors (Lipinski definition) is 4. The van der Waals surface area contributed by atoms with Gasteiger partial charge in [0.05, 0.1) is 5.56 Å². The third-order valence-electron chi connectivity index (χ3n) is 4.23. The first kappa shape index (κ1) is 16.2. The van der Waals surface area contributed by atoms with Crippen LogP contribution >= 0.6 is 0 Å². The number of Topliss-reactive ketones (excluding diaryl/α,β-unsaturated/α-hetero) is 1. The topological polar surface area (TPSA) is 48.7 Å². The second-order valence-electron chi connectivity index (χ2n) is 6.28. The number of fused-ring (bicyclic) bond motifs is 1. The lowest BCUT2D eigenvalue weighted by molar-refractivity contribution is 0.101. The fourth-order valence-electron chi connectivity index (χ4n) is 2.96. The molecule has 0 bridgehead atoms. The minimum atomic E-state index is -0.138. The van der Waals surface area contributed by atoms with Crippen LogP contribution in [-0.4, -0.2) is 5.78 Å². The second kappa shape index (κ2) is 6.56. The van der Waals surface area contributed by atoms with E-state index in [1.165, 1.54) is 0 Å². The fourth-order valence-corrected chi connectivity index (χ4v) is 2.96. The largest absolute Gasteiger partial charge is 0.489 e. The molecule has 1 aromatic heterocycles. The number of carbonyl (C=O) groups excluding carboxylic acids is 1. The maximum absolute atomic E-state index is 12.6. The van der Waals surface area contributed by atoms with Crippen molar-refractivity contribution in [2.75, 3.05) is 0 Å². The Morgan fingerprint density at radius 2 is 1.85 bits per heavy atom. The van der Waals surface area contributed by atoms with Gasteiger partial charge in [0.1, 0.15) is 29.6 Å². The van der Waals surface area contributed by atoms with Gasteiger partial charge in [-0.1, -0.05) is 30.3 Å². The Morgan fingerprint density at radius 1 is 1.04 bits per heavy atom. The quantitative estimate of drug-likeness (QED) is 0.617. The predicted molar refractivity (Wildman–Crippen MR) is 98.3 cm³/mol. The molecule has 2 aromatic carbocycles. The molecule has 0 aliphatic carbocycles. The zero-order valence-electron chi connectivity index (χ0n) is 14.6. The number of allylic oxidation sites excluding steroid dienone is 1. The molecular formula is C22H18O4. The van der Waals surface area contributed by atoms with Crippen LogP contribution in [0.4, 0.5) is 0 Å². The van der Waals surface area contributed by atoms with E-state index in [1.54, 1.807) is 12.1 Å².